The summed E-state index contributed by atoms with van der Waals surface area (Å²) in [5.41, 5.74) is 7.99. The summed E-state index contributed by atoms with van der Waals surface area (Å²) in [7, 11) is -3.44. The first kappa shape index (κ1) is 21.2. The number of fused-ring (bicyclic) bond motifs is 3. The van der Waals surface area contributed by atoms with E-state index >= 15 is 0 Å². The second kappa shape index (κ2) is 8.23. The smallest absolute Gasteiger partial charge is 0.276 e. The second-order valence-corrected chi connectivity index (χ2v) is 9.90. The van der Waals surface area contributed by atoms with Gasteiger partial charge >= 0.3 is 0 Å². The molecule has 31 heavy (non-hydrogen) atoms. The Hall–Kier alpha value is -3.05. The third kappa shape index (κ3) is 4.67. The van der Waals surface area contributed by atoms with Crippen molar-refractivity contribution in [2.24, 2.45) is 4.40 Å². The van der Waals surface area contributed by atoms with E-state index < -0.39 is 21.8 Å². The van der Waals surface area contributed by atoms with E-state index in [4.69, 9.17) is 4.74 Å². The van der Waals surface area contributed by atoms with E-state index in [0.717, 1.165) is 21.7 Å². The van der Waals surface area contributed by atoms with Gasteiger partial charge in [-0.1, -0.05) is 6.07 Å². The lowest BCUT2D eigenvalue weighted by atomic mass is 10.1. The molecule has 9 nitrogen and oxygen atoms in total. The van der Waals surface area contributed by atoms with Crippen molar-refractivity contribution in [2.75, 3.05) is 23.8 Å². The minimum Gasteiger partial charge on any atom is -0.484 e. The average molecular weight is 461 g/mol. The van der Waals surface area contributed by atoms with Gasteiger partial charge in [0.1, 0.15) is 5.75 Å². The molecular weight excluding hydrogens is 440 g/mol. The Morgan fingerprint density at radius 3 is 2.71 bits per heavy atom. The molecule has 2 aliphatic rings. The number of carbonyl (C=O) groups is 2. The number of sulfonamides is 1. The van der Waals surface area contributed by atoms with E-state index in [2.05, 4.69) is 15.2 Å². The van der Waals surface area contributed by atoms with Gasteiger partial charge in [-0.15, -0.1) is 4.40 Å². The number of amidine groups is 1. The van der Waals surface area contributed by atoms with Crippen LogP contribution in [0.25, 0.3) is 0 Å². The fourth-order valence-corrected chi connectivity index (χ4v) is 5.36. The van der Waals surface area contributed by atoms with Crippen LogP contribution >= 0.6 is 11.8 Å². The van der Waals surface area contributed by atoms with Crippen LogP contribution in [0.5, 0.6) is 5.75 Å². The molecule has 2 N–H and O–H groups in total. The van der Waals surface area contributed by atoms with Crippen molar-refractivity contribution in [1.82, 2.24) is 10.9 Å². The van der Waals surface area contributed by atoms with Crippen molar-refractivity contribution in [3.8, 4) is 5.75 Å². The van der Waals surface area contributed by atoms with Crippen LogP contribution in [-0.4, -0.2) is 44.3 Å². The van der Waals surface area contributed by atoms with Crippen LogP contribution in [0.3, 0.4) is 0 Å². The van der Waals surface area contributed by atoms with Gasteiger partial charge in [0.2, 0.25) is 0 Å². The van der Waals surface area contributed by atoms with Gasteiger partial charge in [-0.2, -0.15) is 0 Å². The van der Waals surface area contributed by atoms with Gasteiger partial charge in [0.25, 0.3) is 21.8 Å². The number of amides is 2. The van der Waals surface area contributed by atoms with Gasteiger partial charge in [-0.3, -0.25) is 20.4 Å². The molecule has 11 heteroatoms. The maximum atomic E-state index is 12.4. The maximum Gasteiger partial charge on any atom is 0.276 e. The first-order valence-electron chi connectivity index (χ1n) is 9.43. The van der Waals surface area contributed by atoms with E-state index in [-0.39, 0.29) is 12.4 Å². The fraction of sp³-hybridized carbons (Fsp3) is 0.250. The molecule has 0 unspecified atom stereocenters. The Morgan fingerprint density at radius 1 is 1.13 bits per heavy atom. The number of benzene rings is 2. The van der Waals surface area contributed by atoms with E-state index in [1.807, 2.05) is 30.9 Å². The highest BCUT2D eigenvalue weighted by atomic mass is 32.2. The number of nitrogens with one attached hydrogen (secondary N) is 2. The van der Waals surface area contributed by atoms with Crippen LogP contribution in [0.15, 0.2) is 45.7 Å². The Bertz CT molecular complexity index is 1210. The van der Waals surface area contributed by atoms with Crippen molar-refractivity contribution in [1.29, 1.82) is 0 Å². The van der Waals surface area contributed by atoms with Crippen molar-refractivity contribution in [3.05, 3.63) is 53.1 Å². The third-order valence-corrected chi connectivity index (χ3v) is 7.21. The molecule has 0 saturated carbocycles. The van der Waals surface area contributed by atoms with Crippen LogP contribution in [0.4, 0.5) is 5.69 Å². The van der Waals surface area contributed by atoms with Gasteiger partial charge < -0.3 is 9.64 Å². The molecule has 0 radical (unpaired) electrons. The monoisotopic (exact) mass is 460 g/mol. The first-order valence-corrected chi connectivity index (χ1v) is 11.9. The molecular formula is C20H20N4O5S2. The highest BCUT2D eigenvalue weighted by Crippen LogP contribution is 2.42. The summed E-state index contributed by atoms with van der Waals surface area (Å²) < 4.78 is 32.6. The summed E-state index contributed by atoms with van der Waals surface area (Å²) in [5.74, 6) is -0.475. The maximum absolute atomic E-state index is 12.4. The van der Waals surface area contributed by atoms with Crippen molar-refractivity contribution < 1.29 is 22.7 Å². The van der Waals surface area contributed by atoms with E-state index in [9.17, 15) is 18.0 Å². The van der Waals surface area contributed by atoms with Crippen molar-refractivity contribution in [3.63, 3.8) is 0 Å². The summed E-state index contributed by atoms with van der Waals surface area (Å²) in [6, 6.07) is 10.5. The number of ether oxygens (including phenoxy) is 1. The minimum atomic E-state index is -3.44. The Balaban J connectivity index is 1.34. The van der Waals surface area contributed by atoms with Gasteiger partial charge in [0.05, 0.1) is 11.4 Å². The molecule has 2 aliphatic heterocycles. The summed E-state index contributed by atoms with van der Waals surface area (Å²) in [4.78, 5) is 26.9. The van der Waals surface area contributed by atoms with Gasteiger partial charge in [0, 0.05) is 17.0 Å². The number of rotatable bonds is 4. The second-order valence-electron chi connectivity index (χ2n) is 7.13. The zero-order chi connectivity index (χ0) is 22.2. The standard InChI is InChI=1S/C20H20N4O5S2/c1-12-3-5-15(9-13(12)2)29-11-18(25)21-22-19(26)14-4-6-16-17(10-14)30-20-23-31(27,28)8-7-24(16)20/h3-6,9-10H,7-8,11H2,1-2H3,(H,21,25)(H,22,26). The zero-order valence-electron chi connectivity index (χ0n) is 16.8. The molecule has 2 aromatic rings. The number of hydrogen-bond acceptors (Lipinski definition) is 7. The molecule has 0 bridgehead atoms. The minimum absolute atomic E-state index is 0.0466. The highest BCUT2D eigenvalue weighted by Gasteiger charge is 2.33. The Morgan fingerprint density at radius 2 is 1.94 bits per heavy atom. The molecule has 0 aliphatic carbocycles. The van der Waals surface area contributed by atoms with Gasteiger partial charge in [0.15, 0.2) is 11.8 Å². The number of nitrogens with zero attached hydrogens (tertiary/aromatic N) is 2. The summed E-state index contributed by atoms with van der Waals surface area (Å²) in [6.07, 6.45) is 0. The number of hydrazine groups is 1. The van der Waals surface area contributed by atoms with Crippen LogP contribution < -0.4 is 20.5 Å². The van der Waals surface area contributed by atoms with Crippen LogP contribution in [0.1, 0.15) is 21.5 Å². The number of anilines is 1. The molecule has 162 valence electrons. The lowest BCUT2D eigenvalue weighted by molar-refractivity contribution is -0.123. The Kier molecular flexibility index (Phi) is 5.63. The van der Waals surface area contributed by atoms with E-state index in [1.54, 1.807) is 24.3 Å². The van der Waals surface area contributed by atoms with Crippen LogP contribution in [0.2, 0.25) is 0 Å². The molecule has 0 spiro atoms. The molecule has 2 aromatic carbocycles. The quantitative estimate of drug-likeness (QED) is 0.668. The topological polar surface area (TPSA) is 117 Å². The number of aryl methyl sites for hydroxylation is 2. The van der Waals surface area contributed by atoms with Crippen LogP contribution in [0, 0.1) is 13.8 Å². The predicted octanol–water partition coefficient (Wildman–Crippen LogP) is 1.75. The largest absolute Gasteiger partial charge is 0.484 e. The lowest BCUT2D eigenvalue weighted by Gasteiger charge is -2.22. The average Bonchev–Trinajstić information content (AvgIpc) is 3.08. The normalized spacial score (nSPS) is 16.1. The number of thioether (sulfide) groups is 1. The first-order chi connectivity index (χ1) is 14.7. The van der Waals surface area contributed by atoms with Gasteiger partial charge in [-0.25, -0.2) is 8.42 Å². The predicted molar refractivity (Wildman–Crippen MR) is 118 cm³/mol. The molecule has 0 fully saturated rings. The van der Waals surface area contributed by atoms with Gasteiger partial charge in [-0.05, 0) is 67.1 Å². The van der Waals surface area contributed by atoms with Crippen molar-refractivity contribution in [2.45, 2.75) is 18.7 Å². The SMILES string of the molecule is Cc1ccc(OCC(=O)NNC(=O)c2ccc3c(c2)SC2=NS(=O)(=O)CCN23)cc1C. The number of carbonyl (C=O) groups excluding carboxylic acids is 2. The van der Waals surface area contributed by atoms with Crippen molar-refractivity contribution >= 4 is 44.5 Å². The van der Waals surface area contributed by atoms with E-state index in [0.29, 0.717) is 23.0 Å². The molecule has 0 aromatic heterocycles. The summed E-state index contributed by atoms with van der Waals surface area (Å²) >= 11 is 1.20. The highest BCUT2D eigenvalue weighted by molar-refractivity contribution is 8.15. The lowest BCUT2D eigenvalue weighted by Crippen LogP contribution is -2.43. The molecule has 0 atom stereocenters. The van der Waals surface area contributed by atoms with E-state index in [1.165, 1.54) is 11.8 Å². The molecule has 2 heterocycles. The van der Waals surface area contributed by atoms with Crippen LogP contribution in [-0.2, 0) is 14.8 Å². The molecule has 2 amide bonds. The zero-order valence-corrected chi connectivity index (χ0v) is 18.5. The summed E-state index contributed by atoms with van der Waals surface area (Å²) in [5, 5.41) is 0.385. The summed E-state index contributed by atoms with van der Waals surface area (Å²) in [6.45, 7) is 4.02. The molecule has 0 saturated heterocycles. The fourth-order valence-electron chi connectivity index (χ4n) is 3.06. The molecule has 4 rings (SSSR count). The number of hydrogen-bond donors (Lipinski definition) is 2. The Labute approximate surface area is 183 Å². The third-order valence-electron chi connectivity index (χ3n) is 4.90.